The van der Waals surface area contributed by atoms with E-state index in [-0.39, 0.29) is 11.9 Å². The summed E-state index contributed by atoms with van der Waals surface area (Å²) in [6, 6.07) is 12.0. The minimum Gasteiger partial charge on any atom is -0.493 e. The monoisotopic (exact) mass is 380 g/mol. The maximum Gasteiger partial charge on any atom is 0.254 e. The van der Waals surface area contributed by atoms with Crippen molar-refractivity contribution in [1.29, 1.82) is 0 Å². The fourth-order valence-corrected chi connectivity index (χ4v) is 3.51. The molecule has 0 atom stereocenters. The fraction of sp³-hybridized carbons (Fsp3) is 0.318. The molecule has 1 aliphatic carbocycles. The van der Waals surface area contributed by atoms with Crippen molar-refractivity contribution < 1.29 is 19.0 Å². The number of ether oxygens (including phenoxy) is 3. The Morgan fingerprint density at radius 1 is 1.04 bits per heavy atom. The van der Waals surface area contributed by atoms with Gasteiger partial charge in [0.1, 0.15) is 0 Å². The molecule has 0 bridgehead atoms. The fourth-order valence-electron chi connectivity index (χ4n) is 3.51. The van der Waals surface area contributed by atoms with Gasteiger partial charge in [0.2, 0.25) is 5.75 Å². The predicted octanol–water partition coefficient (Wildman–Crippen LogP) is 4.00. The molecule has 146 valence electrons. The number of nitrogens with one attached hydrogen (secondary N) is 1. The van der Waals surface area contributed by atoms with Crippen LogP contribution in [0.15, 0.2) is 42.6 Å². The highest BCUT2D eigenvalue weighted by Crippen LogP contribution is 2.39. The van der Waals surface area contributed by atoms with E-state index in [0.717, 1.165) is 29.3 Å². The number of fused-ring (bicyclic) bond motifs is 1. The van der Waals surface area contributed by atoms with Crippen LogP contribution in [-0.4, -0.2) is 43.2 Å². The van der Waals surface area contributed by atoms with Crippen LogP contribution in [0.3, 0.4) is 0 Å². The van der Waals surface area contributed by atoms with Crippen molar-refractivity contribution in [3.63, 3.8) is 0 Å². The maximum absolute atomic E-state index is 13.3. The molecule has 0 unspecified atom stereocenters. The first-order valence-corrected chi connectivity index (χ1v) is 9.31. The van der Waals surface area contributed by atoms with E-state index in [2.05, 4.69) is 23.2 Å². The van der Waals surface area contributed by atoms with Crippen molar-refractivity contribution in [1.82, 2.24) is 9.88 Å². The number of aromatic nitrogens is 1. The number of carbonyl (C=O) groups is 1. The molecule has 1 N–H and O–H groups in total. The highest BCUT2D eigenvalue weighted by atomic mass is 16.5. The minimum atomic E-state index is -0.0339. The molecule has 1 aromatic heterocycles. The Morgan fingerprint density at radius 3 is 2.36 bits per heavy atom. The van der Waals surface area contributed by atoms with Gasteiger partial charge >= 0.3 is 0 Å². The largest absolute Gasteiger partial charge is 0.493 e. The summed E-state index contributed by atoms with van der Waals surface area (Å²) in [4.78, 5) is 18.5. The highest BCUT2D eigenvalue weighted by molar-refractivity contribution is 5.96. The van der Waals surface area contributed by atoms with E-state index < -0.39 is 0 Å². The Morgan fingerprint density at radius 2 is 1.75 bits per heavy atom. The molecule has 1 fully saturated rings. The molecule has 3 aromatic rings. The van der Waals surface area contributed by atoms with Crippen LogP contribution in [0.25, 0.3) is 10.9 Å². The number of carbonyl (C=O) groups excluding carboxylic acids is 1. The van der Waals surface area contributed by atoms with Gasteiger partial charge in [-0.3, -0.25) is 4.79 Å². The van der Waals surface area contributed by atoms with E-state index in [4.69, 9.17) is 14.2 Å². The van der Waals surface area contributed by atoms with E-state index in [1.165, 1.54) is 0 Å². The van der Waals surface area contributed by atoms with Gasteiger partial charge in [-0.2, -0.15) is 0 Å². The van der Waals surface area contributed by atoms with Crippen molar-refractivity contribution in [3.05, 3.63) is 53.7 Å². The number of benzene rings is 2. The Kier molecular flexibility index (Phi) is 4.86. The topological polar surface area (TPSA) is 63.8 Å². The third-order valence-corrected chi connectivity index (χ3v) is 5.13. The summed E-state index contributed by atoms with van der Waals surface area (Å²) in [6.07, 6.45) is 3.98. The van der Waals surface area contributed by atoms with Gasteiger partial charge in [-0.05, 0) is 48.1 Å². The van der Waals surface area contributed by atoms with E-state index in [9.17, 15) is 4.79 Å². The average Bonchev–Trinajstić information content (AvgIpc) is 3.46. The molecule has 2 aromatic carbocycles. The first-order valence-electron chi connectivity index (χ1n) is 9.31. The smallest absolute Gasteiger partial charge is 0.254 e. The third-order valence-electron chi connectivity index (χ3n) is 5.13. The molecular formula is C22H24N2O4. The first kappa shape index (κ1) is 18.2. The van der Waals surface area contributed by atoms with Gasteiger partial charge in [0.05, 0.1) is 21.3 Å². The van der Waals surface area contributed by atoms with E-state index in [1.807, 2.05) is 17.2 Å². The molecule has 6 nitrogen and oxygen atoms in total. The number of rotatable bonds is 7. The molecular weight excluding hydrogens is 356 g/mol. The Bertz CT molecular complexity index is 982. The summed E-state index contributed by atoms with van der Waals surface area (Å²) >= 11 is 0. The molecule has 0 radical (unpaired) electrons. The third kappa shape index (κ3) is 3.38. The molecule has 28 heavy (non-hydrogen) atoms. The van der Waals surface area contributed by atoms with Gasteiger partial charge in [-0.25, -0.2) is 0 Å². The lowest BCUT2D eigenvalue weighted by Crippen LogP contribution is -2.32. The van der Waals surface area contributed by atoms with Crippen LogP contribution < -0.4 is 14.2 Å². The molecule has 1 amide bonds. The van der Waals surface area contributed by atoms with Gasteiger partial charge in [0, 0.05) is 29.9 Å². The average molecular weight is 380 g/mol. The van der Waals surface area contributed by atoms with E-state index in [1.54, 1.807) is 33.5 Å². The zero-order chi connectivity index (χ0) is 19.7. The highest BCUT2D eigenvalue weighted by Gasteiger charge is 2.34. The number of aromatic amines is 1. The first-order chi connectivity index (χ1) is 13.6. The number of nitrogens with zero attached hydrogens (tertiary/aromatic N) is 1. The van der Waals surface area contributed by atoms with Crippen molar-refractivity contribution in [2.75, 3.05) is 21.3 Å². The lowest BCUT2D eigenvalue weighted by molar-refractivity contribution is 0.0729. The zero-order valence-corrected chi connectivity index (χ0v) is 16.3. The molecule has 1 aliphatic rings. The standard InChI is InChI=1S/C22H24N2O4/c1-26-19-11-16(12-20(27-2)21(19)28-3)22(25)24(17-6-7-17)13-14-4-5-15-8-9-23-18(15)10-14/h4-5,8-12,17,23H,6-7,13H2,1-3H3. The van der Waals surface area contributed by atoms with Gasteiger partial charge < -0.3 is 24.1 Å². The number of hydrogen-bond acceptors (Lipinski definition) is 4. The van der Waals surface area contributed by atoms with Crippen LogP contribution in [0.2, 0.25) is 0 Å². The van der Waals surface area contributed by atoms with Crippen molar-refractivity contribution in [2.24, 2.45) is 0 Å². The summed E-state index contributed by atoms with van der Waals surface area (Å²) in [7, 11) is 4.65. The Hall–Kier alpha value is -3.15. The van der Waals surface area contributed by atoms with Gasteiger partial charge in [-0.1, -0.05) is 12.1 Å². The lowest BCUT2D eigenvalue weighted by Gasteiger charge is -2.24. The lowest BCUT2D eigenvalue weighted by atomic mass is 10.1. The summed E-state index contributed by atoms with van der Waals surface area (Å²) < 4.78 is 16.2. The normalized spacial score (nSPS) is 13.4. The molecule has 0 aliphatic heterocycles. The van der Waals surface area contributed by atoms with Crippen LogP contribution >= 0.6 is 0 Å². The van der Waals surface area contributed by atoms with Gasteiger partial charge in [0.25, 0.3) is 5.91 Å². The predicted molar refractivity (Wildman–Crippen MR) is 107 cm³/mol. The number of methoxy groups -OCH3 is 3. The van der Waals surface area contributed by atoms with Gasteiger partial charge in [-0.15, -0.1) is 0 Å². The summed E-state index contributed by atoms with van der Waals surface area (Å²) in [5.74, 6) is 1.41. The van der Waals surface area contributed by atoms with Crippen LogP contribution in [0.4, 0.5) is 0 Å². The summed E-state index contributed by atoms with van der Waals surface area (Å²) in [6.45, 7) is 0.565. The molecule has 1 heterocycles. The number of H-pyrrole nitrogens is 1. The second kappa shape index (κ2) is 7.46. The number of hydrogen-bond donors (Lipinski definition) is 1. The molecule has 6 heteroatoms. The molecule has 1 saturated carbocycles. The molecule has 0 spiro atoms. The molecule has 0 saturated heterocycles. The van der Waals surface area contributed by atoms with E-state index in [0.29, 0.717) is 29.4 Å². The summed E-state index contributed by atoms with van der Waals surface area (Å²) in [5, 5.41) is 1.16. The second-order valence-corrected chi connectivity index (χ2v) is 6.98. The van der Waals surface area contributed by atoms with E-state index >= 15 is 0 Å². The van der Waals surface area contributed by atoms with Crippen LogP contribution in [0, 0.1) is 0 Å². The molecule has 4 rings (SSSR count). The van der Waals surface area contributed by atoms with Crippen molar-refractivity contribution >= 4 is 16.8 Å². The second-order valence-electron chi connectivity index (χ2n) is 6.98. The van der Waals surface area contributed by atoms with Crippen molar-refractivity contribution in [2.45, 2.75) is 25.4 Å². The Balaban J connectivity index is 1.65. The quantitative estimate of drug-likeness (QED) is 0.673. The van der Waals surface area contributed by atoms with Crippen LogP contribution in [-0.2, 0) is 6.54 Å². The van der Waals surface area contributed by atoms with Crippen LogP contribution in [0.5, 0.6) is 17.2 Å². The number of amides is 1. The van der Waals surface area contributed by atoms with Gasteiger partial charge in [0.15, 0.2) is 11.5 Å². The van der Waals surface area contributed by atoms with Crippen molar-refractivity contribution in [3.8, 4) is 17.2 Å². The zero-order valence-electron chi connectivity index (χ0n) is 16.3. The minimum absolute atomic E-state index is 0.0339. The summed E-state index contributed by atoms with van der Waals surface area (Å²) in [5.41, 5.74) is 2.71. The SMILES string of the molecule is COc1cc(C(=O)N(Cc2ccc3cc[nH]c3c2)C2CC2)cc(OC)c1OC. The Labute approximate surface area is 164 Å². The maximum atomic E-state index is 13.3. The van der Waals surface area contributed by atoms with Crippen LogP contribution in [0.1, 0.15) is 28.8 Å².